The summed E-state index contributed by atoms with van der Waals surface area (Å²) in [5.41, 5.74) is 0. The molecule has 0 amide bonds. The van der Waals surface area contributed by atoms with Crippen LogP contribution in [-0.2, 0) is 9.84 Å². The predicted octanol–water partition coefficient (Wildman–Crippen LogP) is 0.368. The highest BCUT2D eigenvalue weighted by molar-refractivity contribution is 7.90. The fraction of sp³-hybridized carbons (Fsp3) is 1.00. The summed E-state index contributed by atoms with van der Waals surface area (Å²) in [6.07, 6.45) is 3.50. The lowest BCUT2D eigenvalue weighted by Crippen LogP contribution is -2.43. The number of fused-ring (bicyclic) bond motifs is 1. The number of hydrogen-bond donors (Lipinski definition) is 1. The lowest BCUT2D eigenvalue weighted by molar-refractivity contribution is 0.0474. The molecule has 1 saturated heterocycles. The smallest absolute Gasteiger partial charge is 0.147 e. The summed E-state index contributed by atoms with van der Waals surface area (Å²) in [5, 5.41) is 10.3. The van der Waals surface area contributed by atoms with E-state index in [0.717, 1.165) is 19.0 Å². The highest BCUT2D eigenvalue weighted by atomic mass is 32.2. The van der Waals surface area contributed by atoms with Crippen LogP contribution < -0.4 is 0 Å². The summed E-state index contributed by atoms with van der Waals surface area (Å²) in [4.78, 5) is 2.36. The van der Waals surface area contributed by atoms with Gasteiger partial charge in [0.25, 0.3) is 0 Å². The molecule has 3 fully saturated rings. The van der Waals surface area contributed by atoms with Gasteiger partial charge in [-0.1, -0.05) is 6.92 Å². The number of nitrogens with zero attached hydrogens (tertiary/aromatic N) is 1. The third kappa shape index (κ3) is 2.10. The topological polar surface area (TPSA) is 57.6 Å². The molecule has 2 bridgehead atoms. The minimum absolute atomic E-state index is 0.156. The molecular weight excluding hydrogens is 250 g/mol. The lowest BCUT2D eigenvalue weighted by Gasteiger charge is -2.30. The maximum Gasteiger partial charge on any atom is 0.147 e. The van der Waals surface area contributed by atoms with Gasteiger partial charge in [0.15, 0.2) is 0 Å². The first-order chi connectivity index (χ1) is 8.35. The Bertz CT molecular complexity index is 434. The van der Waals surface area contributed by atoms with Gasteiger partial charge >= 0.3 is 0 Å². The molecule has 1 heterocycles. The van der Waals surface area contributed by atoms with E-state index in [0.29, 0.717) is 17.9 Å². The molecule has 1 N–H and O–H groups in total. The molecule has 3 rings (SSSR count). The van der Waals surface area contributed by atoms with Crippen LogP contribution in [0.15, 0.2) is 0 Å². The third-order valence-electron chi connectivity index (χ3n) is 5.08. The molecule has 2 saturated carbocycles. The van der Waals surface area contributed by atoms with Crippen molar-refractivity contribution >= 4 is 9.84 Å². The van der Waals surface area contributed by atoms with E-state index in [2.05, 4.69) is 4.90 Å². The van der Waals surface area contributed by atoms with E-state index >= 15 is 0 Å². The summed E-state index contributed by atoms with van der Waals surface area (Å²) >= 11 is 0. The zero-order valence-corrected chi connectivity index (χ0v) is 11.9. The second-order valence-electron chi connectivity index (χ2n) is 6.79. The quantitative estimate of drug-likeness (QED) is 0.804. The third-order valence-corrected chi connectivity index (χ3v) is 6.26. The molecule has 6 unspecified atom stereocenters. The molecule has 0 aromatic rings. The Morgan fingerprint density at radius 1 is 1.33 bits per heavy atom. The largest absolute Gasteiger partial charge is 0.391 e. The van der Waals surface area contributed by atoms with Gasteiger partial charge in [0.1, 0.15) is 9.84 Å². The summed E-state index contributed by atoms with van der Waals surface area (Å²) in [6.45, 7) is 3.88. The van der Waals surface area contributed by atoms with Crippen LogP contribution in [0, 0.1) is 23.7 Å². The molecule has 0 aromatic carbocycles. The normalized spacial score (nSPS) is 44.7. The first-order valence-electron chi connectivity index (χ1n) is 6.95. The molecule has 3 aliphatic rings. The van der Waals surface area contributed by atoms with Crippen molar-refractivity contribution in [2.45, 2.75) is 31.9 Å². The fourth-order valence-electron chi connectivity index (χ4n) is 4.72. The van der Waals surface area contributed by atoms with E-state index in [1.807, 2.05) is 6.92 Å². The van der Waals surface area contributed by atoms with Gasteiger partial charge in [0, 0.05) is 25.4 Å². The van der Waals surface area contributed by atoms with Gasteiger partial charge in [-0.2, -0.15) is 0 Å². The number of sulfone groups is 1. The van der Waals surface area contributed by atoms with E-state index in [1.54, 1.807) is 0 Å². The van der Waals surface area contributed by atoms with Crippen LogP contribution >= 0.6 is 0 Å². The maximum absolute atomic E-state index is 11.3. The van der Waals surface area contributed by atoms with E-state index in [4.69, 9.17) is 0 Å². The Balaban J connectivity index is 1.65. The molecule has 5 heteroatoms. The molecule has 2 aliphatic carbocycles. The van der Waals surface area contributed by atoms with Gasteiger partial charge in [-0.25, -0.2) is 8.42 Å². The van der Waals surface area contributed by atoms with Crippen molar-refractivity contribution < 1.29 is 13.5 Å². The highest BCUT2D eigenvalue weighted by Crippen LogP contribution is 2.54. The summed E-state index contributed by atoms with van der Waals surface area (Å²) in [6, 6.07) is 0.316. The summed E-state index contributed by atoms with van der Waals surface area (Å²) < 4.78 is 22.6. The van der Waals surface area contributed by atoms with Gasteiger partial charge in [-0.15, -0.1) is 0 Å². The van der Waals surface area contributed by atoms with Gasteiger partial charge in [0.05, 0.1) is 11.9 Å². The van der Waals surface area contributed by atoms with Crippen molar-refractivity contribution in [1.82, 2.24) is 4.90 Å². The molecule has 0 spiro atoms. The molecule has 104 valence electrons. The minimum atomic E-state index is -2.89. The van der Waals surface area contributed by atoms with Crippen molar-refractivity contribution in [1.29, 1.82) is 0 Å². The van der Waals surface area contributed by atoms with Gasteiger partial charge in [0.2, 0.25) is 0 Å². The Morgan fingerprint density at radius 2 is 2.06 bits per heavy atom. The monoisotopic (exact) mass is 273 g/mol. The van der Waals surface area contributed by atoms with Gasteiger partial charge < -0.3 is 5.11 Å². The van der Waals surface area contributed by atoms with Gasteiger partial charge in [-0.3, -0.25) is 4.90 Å². The van der Waals surface area contributed by atoms with Crippen LogP contribution in [0.4, 0.5) is 0 Å². The van der Waals surface area contributed by atoms with Crippen LogP contribution in [0.1, 0.15) is 19.8 Å². The number of rotatable bonds is 4. The van der Waals surface area contributed by atoms with Crippen LogP contribution in [-0.4, -0.2) is 55.7 Å². The standard InChI is InChI=1S/C13H23NO3S/c1-8(7-18(2,16)17)5-14-6-10-3-9-4-11(10)12(14)13(9)15/h8-13,15H,3-7H2,1-2H3. The second kappa shape index (κ2) is 4.18. The average molecular weight is 273 g/mol. The van der Waals surface area contributed by atoms with E-state index in [-0.39, 0.29) is 17.8 Å². The molecule has 0 radical (unpaired) electrons. The number of likely N-dealkylation sites (tertiary alicyclic amines) is 1. The number of aliphatic hydroxyl groups excluding tert-OH is 1. The predicted molar refractivity (Wildman–Crippen MR) is 69.9 cm³/mol. The van der Waals surface area contributed by atoms with Crippen molar-refractivity contribution in [2.75, 3.05) is 25.1 Å². The molecule has 4 nitrogen and oxygen atoms in total. The van der Waals surface area contributed by atoms with Gasteiger partial charge in [-0.05, 0) is 36.5 Å². The highest BCUT2D eigenvalue weighted by Gasteiger charge is 2.58. The van der Waals surface area contributed by atoms with Crippen molar-refractivity contribution in [3.63, 3.8) is 0 Å². The second-order valence-corrected chi connectivity index (χ2v) is 8.97. The van der Waals surface area contributed by atoms with Crippen molar-refractivity contribution in [2.24, 2.45) is 23.7 Å². The zero-order valence-electron chi connectivity index (χ0n) is 11.1. The Morgan fingerprint density at radius 3 is 2.67 bits per heavy atom. The lowest BCUT2D eigenvalue weighted by atomic mass is 9.88. The SMILES string of the molecule is CC(CN1CC2CC3CC2C1C3O)CS(C)(=O)=O. The molecule has 6 atom stereocenters. The Kier molecular flexibility index (Phi) is 2.99. The summed E-state index contributed by atoms with van der Waals surface area (Å²) in [7, 11) is -2.89. The number of hydrogen-bond acceptors (Lipinski definition) is 4. The van der Waals surface area contributed by atoms with Crippen LogP contribution in [0.25, 0.3) is 0 Å². The van der Waals surface area contributed by atoms with Crippen LogP contribution in [0.3, 0.4) is 0 Å². The number of aliphatic hydroxyl groups is 1. The fourth-order valence-corrected chi connectivity index (χ4v) is 5.86. The molecule has 1 aliphatic heterocycles. The van der Waals surface area contributed by atoms with E-state index in [9.17, 15) is 13.5 Å². The molecule has 0 aromatic heterocycles. The summed E-state index contributed by atoms with van der Waals surface area (Å²) in [5.74, 6) is 2.36. The minimum Gasteiger partial charge on any atom is -0.391 e. The molecule has 18 heavy (non-hydrogen) atoms. The van der Waals surface area contributed by atoms with Crippen molar-refractivity contribution in [3.05, 3.63) is 0 Å². The molecular formula is C13H23NO3S. The Labute approximate surface area is 109 Å². The van der Waals surface area contributed by atoms with E-state index < -0.39 is 9.84 Å². The average Bonchev–Trinajstić information content (AvgIpc) is 2.75. The van der Waals surface area contributed by atoms with Crippen LogP contribution in [0.5, 0.6) is 0 Å². The van der Waals surface area contributed by atoms with E-state index in [1.165, 1.54) is 19.1 Å². The first-order valence-corrected chi connectivity index (χ1v) is 9.01. The maximum atomic E-state index is 11.3. The first kappa shape index (κ1) is 12.9. The van der Waals surface area contributed by atoms with Crippen molar-refractivity contribution in [3.8, 4) is 0 Å². The zero-order chi connectivity index (χ0) is 13.1. The Hall–Kier alpha value is -0.130. The van der Waals surface area contributed by atoms with Crippen LogP contribution in [0.2, 0.25) is 0 Å².